The molecule has 0 radical (unpaired) electrons. The lowest BCUT2D eigenvalue weighted by molar-refractivity contribution is -0.910. The SMILES string of the molecule is C=CC[N+](CC=C)(CCCS(=O)(=O)[O-])CC(=O)O. The Labute approximate surface area is 108 Å². The molecule has 0 rings (SSSR count). The lowest BCUT2D eigenvalue weighted by Gasteiger charge is -2.35. The van der Waals surface area contributed by atoms with E-state index in [1.54, 1.807) is 12.2 Å². The number of nitrogens with zero attached hydrogens (tertiary/aromatic N) is 1. The van der Waals surface area contributed by atoms with E-state index >= 15 is 0 Å². The van der Waals surface area contributed by atoms with Crippen LogP contribution in [0.15, 0.2) is 25.3 Å². The summed E-state index contributed by atoms with van der Waals surface area (Å²) in [6.07, 6.45) is 3.29. The average Bonchev–Trinajstić information content (AvgIpc) is 2.14. The van der Waals surface area contributed by atoms with Crippen molar-refractivity contribution >= 4 is 16.1 Å². The van der Waals surface area contributed by atoms with E-state index in [-0.39, 0.29) is 24.0 Å². The Kier molecular flexibility index (Phi) is 6.82. The number of carbonyl (C=O) groups is 1. The Morgan fingerprint density at radius 2 is 1.78 bits per heavy atom. The highest BCUT2D eigenvalue weighted by molar-refractivity contribution is 7.85. The summed E-state index contributed by atoms with van der Waals surface area (Å²) < 4.78 is 31.7. The van der Waals surface area contributed by atoms with Crippen molar-refractivity contribution in [1.29, 1.82) is 0 Å². The molecule has 0 spiro atoms. The predicted octanol–water partition coefficient (Wildman–Crippen LogP) is 0.195. The van der Waals surface area contributed by atoms with Gasteiger partial charge in [-0.3, -0.25) is 0 Å². The lowest BCUT2D eigenvalue weighted by Crippen LogP contribution is -2.52. The number of hydrogen-bond donors (Lipinski definition) is 1. The molecule has 0 fully saturated rings. The van der Waals surface area contributed by atoms with Crippen molar-refractivity contribution in [3.05, 3.63) is 25.3 Å². The lowest BCUT2D eigenvalue weighted by atomic mass is 10.2. The molecule has 0 aliphatic heterocycles. The molecule has 0 atom stereocenters. The summed E-state index contributed by atoms with van der Waals surface area (Å²) in [4.78, 5) is 10.9. The zero-order chi connectivity index (χ0) is 14.2. The minimum atomic E-state index is -4.26. The highest BCUT2D eigenvalue weighted by Gasteiger charge is 2.27. The summed E-state index contributed by atoms with van der Waals surface area (Å²) in [7, 11) is -4.26. The quantitative estimate of drug-likeness (QED) is 0.349. The van der Waals surface area contributed by atoms with Crippen molar-refractivity contribution in [2.24, 2.45) is 0 Å². The van der Waals surface area contributed by atoms with Gasteiger partial charge in [-0.1, -0.05) is 13.2 Å². The average molecular weight is 277 g/mol. The maximum atomic E-state index is 10.9. The molecule has 0 aliphatic carbocycles. The predicted molar refractivity (Wildman–Crippen MR) is 66.9 cm³/mol. The number of hydrogen-bond acceptors (Lipinski definition) is 4. The van der Waals surface area contributed by atoms with Crippen LogP contribution in [0.3, 0.4) is 0 Å². The Morgan fingerprint density at radius 1 is 1.28 bits per heavy atom. The van der Waals surface area contributed by atoms with E-state index in [1.807, 2.05) is 0 Å². The van der Waals surface area contributed by atoms with Gasteiger partial charge in [0.2, 0.25) is 0 Å². The van der Waals surface area contributed by atoms with Crippen LogP contribution in [0.4, 0.5) is 0 Å². The second-order valence-electron chi connectivity index (χ2n) is 4.17. The molecule has 0 saturated heterocycles. The van der Waals surface area contributed by atoms with Gasteiger partial charge in [0.15, 0.2) is 6.54 Å². The molecule has 0 bridgehead atoms. The second kappa shape index (κ2) is 7.30. The fraction of sp³-hybridized carbons (Fsp3) is 0.545. The van der Waals surface area contributed by atoms with E-state index < -0.39 is 21.8 Å². The van der Waals surface area contributed by atoms with Gasteiger partial charge in [0, 0.05) is 12.2 Å². The normalized spacial score (nSPS) is 12.1. The van der Waals surface area contributed by atoms with Crippen LogP contribution < -0.4 is 0 Å². The molecule has 0 unspecified atom stereocenters. The van der Waals surface area contributed by atoms with Crippen LogP contribution in [0.5, 0.6) is 0 Å². The first-order chi connectivity index (χ1) is 8.24. The number of carboxylic acids is 1. The first kappa shape index (κ1) is 16.8. The van der Waals surface area contributed by atoms with E-state index in [2.05, 4.69) is 13.2 Å². The first-order valence-corrected chi connectivity index (χ1v) is 7.05. The van der Waals surface area contributed by atoms with Gasteiger partial charge < -0.3 is 14.1 Å². The van der Waals surface area contributed by atoms with E-state index in [4.69, 9.17) is 5.11 Å². The Bertz CT molecular complexity index is 392. The molecule has 0 aromatic heterocycles. The van der Waals surface area contributed by atoms with Gasteiger partial charge in [-0.15, -0.1) is 0 Å². The first-order valence-electron chi connectivity index (χ1n) is 5.47. The number of quaternary nitrogens is 1. The monoisotopic (exact) mass is 277 g/mol. The fourth-order valence-electron chi connectivity index (χ4n) is 1.88. The van der Waals surface area contributed by atoms with Crippen LogP contribution in [0.2, 0.25) is 0 Å². The molecule has 0 aromatic carbocycles. The summed E-state index contributed by atoms with van der Waals surface area (Å²) >= 11 is 0. The van der Waals surface area contributed by atoms with Crippen molar-refractivity contribution in [2.45, 2.75) is 6.42 Å². The number of carboxylic acid groups (broad SMARTS) is 1. The third-order valence-corrected chi connectivity index (χ3v) is 3.32. The third-order valence-electron chi connectivity index (χ3n) is 2.53. The minimum Gasteiger partial charge on any atom is -0.748 e. The smallest absolute Gasteiger partial charge is 0.359 e. The molecule has 0 amide bonds. The highest BCUT2D eigenvalue weighted by Crippen LogP contribution is 2.10. The van der Waals surface area contributed by atoms with Crippen molar-refractivity contribution < 1.29 is 27.4 Å². The molecular formula is C11H19NO5S. The zero-order valence-corrected chi connectivity index (χ0v) is 11.1. The fourth-order valence-corrected chi connectivity index (χ4v) is 2.36. The number of aliphatic carboxylic acids is 1. The summed E-state index contributed by atoms with van der Waals surface area (Å²) in [6.45, 7) is 8.04. The van der Waals surface area contributed by atoms with Gasteiger partial charge >= 0.3 is 5.97 Å². The van der Waals surface area contributed by atoms with Crippen LogP contribution in [0.1, 0.15) is 6.42 Å². The summed E-state index contributed by atoms with van der Waals surface area (Å²) in [5.41, 5.74) is 0. The molecule has 0 aliphatic rings. The van der Waals surface area contributed by atoms with Crippen molar-refractivity contribution in [1.82, 2.24) is 0 Å². The van der Waals surface area contributed by atoms with E-state index in [0.717, 1.165) is 0 Å². The highest BCUT2D eigenvalue weighted by atomic mass is 32.2. The van der Waals surface area contributed by atoms with E-state index in [0.29, 0.717) is 13.1 Å². The standard InChI is InChI=1S/C11H19NO5S/c1-3-6-12(7-4-2,10-11(13)14)8-5-9-18(15,16)17/h3-4H,1-2,5-10H2,(H-,13,14,15,16,17). The molecular weight excluding hydrogens is 258 g/mol. The molecule has 6 nitrogen and oxygen atoms in total. The summed E-state index contributed by atoms with van der Waals surface area (Å²) in [5, 5.41) is 8.90. The van der Waals surface area contributed by atoms with Crippen LogP contribution >= 0.6 is 0 Å². The summed E-state index contributed by atoms with van der Waals surface area (Å²) in [6, 6.07) is 0. The topological polar surface area (TPSA) is 94.5 Å². The van der Waals surface area contributed by atoms with Gasteiger partial charge in [0.1, 0.15) is 0 Å². The molecule has 0 heterocycles. The third kappa shape index (κ3) is 7.21. The minimum absolute atomic E-state index is 0.123. The van der Waals surface area contributed by atoms with Gasteiger partial charge in [-0.2, -0.15) is 0 Å². The van der Waals surface area contributed by atoms with Crippen molar-refractivity contribution in [3.63, 3.8) is 0 Å². The molecule has 7 heteroatoms. The molecule has 18 heavy (non-hydrogen) atoms. The maximum Gasteiger partial charge on any atom is 0.359 e. The maximum absolute atomic E-state index is 10.9. The van der Waals surface area contributed by atoms with Crippen LogP contribution in [0, 0.1) is 0 Å². The Hall–Kier alpha value is -1.18. The van der Waals surface area contributed by atoms with Gasteiger partial charge in [-0.05, 0) is 12.2 Å². The van der Waals surface area contributed by atoms with Crippen molar-refractivity contribution in [2.75, 3.05) is 31.9 Å². The van der Waals surface area contributed by atoms with Gasteiger partial charge in [-0.25, -0.2) is 13.2 Å². The van der Waals surface area contributed by atoms with E-state index in [9.17, 15) is 17.8 Å². The Balaban J connectivity index is 4.75. The van der Waals surface area contributed by atoms with Crippen LogP contribution in [-0.2, 0) is 14.9 Å². The summed E-state index contributed by atoms with van der Waals surface area (Å²) in [5.74, 6) is -1.47. The van der Waals surface area contributed by atoms with Crippen LogP contribution in [0.25, 0.3) is 0 Å². The van der Waals surface area contributed by atoms with Crippen molar-refractivity contribution in [3.8, 4) is 0 Å². The second-order valence-corrected chi connectivity index (χ2v) is 5.70. The largest absolute Gasteiger partial charge is 0.748 e. The van der Waals surface area contributed by atoms with Gasteiger partial charge in [0.25, 0.3) is 0 Å². The van der Waals surface area contributed by atoms with E-state index in [1.165, 1.54) is 0 Å². The van der Waals surface area contributed by atoms with Crippen LogP contribution in [-0.4, -0.2) is 60.5 Å². The molecule has 1 N–H and O–H groups in total. The zero-order valence-electron chi connectivity index (χ0n) is 10.2. The molecule has 0 aromatic rings. The molecule has 0 saturated carbocycles. The molecule has 104 valence electrons. The van der Waals surface area contributed by atoms with Gasteiger partial charge in [0.05, 0.1) is 29.8 Å². The Morgan fingerprint density at radius 3 is 2.11 bits per heavy atom. The number of rotatable bonds is 10.